The standard InChI is InChI=1S/C18H23NS/c1-3-19-13(2)17-11-12-18(20-17)16-10-6-8-14-7-4-5-9-15(14)16/h6,8,10-13,19H,3-5,7,9H2,1-2H3. The van der Waals surface area contributed by atoms with Crippen molar-refractivity contribution in [2.45, 2.75) is 45.6 Å². The first-order chi connectivity index (χ1) is 9.79. The van der Waals surface area contributed by atoms with E-state index in [9.17, 15) is 0 Å². The Morgan fingerprint density at radius 1 is 1.15 bits per heavy atom. The van der Waals surface area contributed by atoms with Gasteiger partial charge >= 0.3 is 0 Å². The molecule has 2 aromatic rings. The van der Waals surface area contributed by atoms with Crippen LogP contribution in [0, 0.1) is 0 Å². The zero-order chi connectivity index (χ0) is 13.9. The van der Waals surface area contributed by atoms with Gasteiger partial charge in [-0.05, 0) is 68.0 Å². The molecule has 0 spiro atoms. The molecule has 106 valence electrons. The Morgan fingerprint density at radius 2 is 2.00 bits per heavy atom. The lowest BCUT2D eigenvalue weighted by atomic mass is 9.88. The highest BCUT2D eigenvalue weighted by Crippen LogP contribution is 2.36. The fourth-order valence-corrected chi connectivity index (χ4v) is 4.24. The van der Waals surface area contributed by atoms with E-state index >= 15 is 0 Å². The molecule has 0 fully saturated rings. The highest BCUT2D eigenvalue weighted by molar-refractivity contribution is 7.15. The predicted molar refractivity (Wildman–Crippen MR) is 88.5 cm³/mol. The van der Waals surface area contributed by atoms with Crippen molar-refractivity contribution in [1.82, 2.24) is 5.32 Å². The van der Waals surface area contributed by atoms with Crippen LogP contribution in [0.25, 0.3) is 10.4 Å². The van der Waals surface area contributed by atoms with Gasteiger partial charge in [-0.1, -0.05) is 25.1 Å². The summed E-state index contributed by atoms with van der Waals surface area (Å²) in [6, 6.07) is 11.9. The molecular weight excluding hydrogens is 262 g/mol. The number of hydrogen-bond donors (Lipinski definition) is 1. The topological polar surface area (TPSA) is 12.0 Å². The van der Waals surface area contributed by atoms with E-state index in [1.807, 2.05) is 11.3 Å². The summed E-state index contributed by atoms with van der Waals surface area (Å²) >= 11 is 1.94. The van der Waals surface area contributed by atoms with Crippen molar-refractivity contribution < 1.29 is 0 Å². The normalized spacial score (nSPS) is 15.9. The third-order valence-electron chi connectivity index (χ3n) is 4.23. The Bertz CT molecular complexity index is 585. The van der Waals surface area contributed by atoms with Crippen LogP contribution in [0.15, 0.2) is 30.3 Å². The van der Waals surface area contributed by atoms with Crippen LogP contribution >= 0.6 is 11.3 Å². The third kappa shape index (κ3) is 2.68. The van der Waals surface area contributed by atoms with Crippen molar-refractivity contribution in [3.63, 3.8) is 0 Å². The number of aryl methyl sites for hydroxylation is 1. The summed E-state index contributed by atoms with van der Waals surface area (Å²) in [6.45, 7) is 5.44. The highest BCUT2D eigenvalue weighted by atomic mass is 32.1. The first-order valence-corrected chi connectivity index (χ1v) is 8.55. The van der Waals surface area contributed by atoms with Gasteiger partial charge in [-0.25, -0.2) is 0 Å². The van der Waals surface area contributed by atoms with Crippen molar-refractivity contribution in [1.29, 1.82) is 0 Å². The number of hydrogen-bond acceptors (Lipinski definition) is 2. The number of thiophene rings is 1. The monoisotopic (exact) mass is 285 g/mol. The predicted octanol–water partition coefficient (Wildman–Crippen LogP) is 4.96. The molecule has 0 bridgehead atoms. The Morgan fingerprint density at radius 3 is 2.85 bits per heavy atom. The minimum absolute atomic E-state index is 0.457. The van der Waals surface area contributed by atoms with Crippen LogP contribution in [0.3, 0.4) is 0 Å². The molecule has 1 aliphatic rings. The zero-order valence-corrected chi connectivity index (χ0v) is 13.2. The van der Waals surface area contributed by atoms with Crippen molar-refractivity contribution in [2.75, 3.05) is 6.54 Å². The SMILES string of the molecule is CCNC(C)c1ccc(-c2cccc3c2CCCC3)s1. The van der Waals surface area contributed by atoms with Crippen LogP contribution in [-0.4, -0.2) is 6.54 Å². The van der Waals surface area contributed by atoms with Gasteiger partial charge in [0.2, 0.25) is 0 Å². The van der Waals surface area contributed by atoms with Gasteiger partial charge < -0.3 is 5.32 Å². The fraction of sp³-hybridized carbons (Fsp3) is 0.444. The van der Waals surface area contributed by atoms with Crippen LogP contribution in [0.2, 0.25) is 0 Å². The molecule has 1 aromatic heterocycles. The maximum Gasteiger partial charge on any atom is 0.0386 e. The smallest absolute Gasteiger partial charge is 0.0386 e. The minimum Gasteiger partial charge on any atom is -0.310 e. The second kappa shape index (κ2) is 6.11. The lowest BCUT2D eigenvalue weighted by Gasteiger charge is -2.18. The van der Waals surface area contributed by atoms with E-state index in [-0.39, 0.29) is 0 Å². The summed E-state index contributed by atoms with van der Waals surface area (Å²) in [6.07, 6.45) is 5.20. The van der Waals surface area contributed by atoms with Crippen LogP contribution in [0.4, 0.5) is 0 Å². The number of fused-ring (bicyclic) bond motifs is 1. The summed E-state index contributed by atoms with van der Waals surface area (Å²) < 4.78 is 0. The first kappa shape index (κ1) is 13.8. The Balaban J connectivity index is 1.94. The molecule has 0 amide bonds. The third-order valence-corrected chi connectivity index (χ3v) is 5.53. The molecule has 0 saturated heterocycles. The summed E-state index contributed by atoms with van der Waals surface area (Å²) in [5, 5.41) is 3.50. The van der Waals surface area contributed by atoms with Gasteiger partial charge in [-0.3, -0.25) is 0 Å². The van der Waals surface area contributed by atoms with Crippen LogP contribution in [0.5, 0.6) is 0 Å². The minimum atomic E-state index is 0.457. The van der Waals surface area contributed by atoms with Crippen molar-refractivity contribution in [3.05, 3.63) is 46.3 Å². The molecular formula is C18H23NS. The van der Waals surface area contributed by atoms with E-state index in [1.54, 1.807) is 11.1 Å². The summed E-state index contributed by atoms with van der Waals surface area (Å²) in [5.41, 5.74) is 4.65. The van der Waals surface area contributed by atoms with E-state index in [0.717, 1.165) is 6.54 Å². The highest BCUT2D eigenvalue weighted by Gasteiger charge is 2.16. The lowest BCUT2D eigenvalue weighted by Crippen LogP contribution is -2.16. The molecule has 1 aromatic carbocycles. The summed E-state index contributed by atoms with van der Waals surface area (Å²) in [4.78, 5) is 2.87. The Kier molecular flexibility index (Phi) is 4.23. The van der Waals surface area contributed by atoms with Crippen LogP contribution in [-0.2, 0) is 12.8 Å². The molecule has 1 heterocycles. The summed E-state index contributed by atoms with van der Waals surface area (Å²) in [5.74, 6) is 0. The molecule has 0 saturated carbocycles. The van der Waals surface area contributed by atoms with Crippen LogP contribution < -0.4 is 5.32 Å². The molecule has 0 aliphatic heterocycles. The lowest BCUT2D eigenvalue weighted by molar-refractivity contribution is 0.607. The molecule has 1 atom stereocenters. The molecule has 3 rings (SSSR count). The average molecular weight is 285 g/mol. The van der Waals surface area contributed by atoms with E-state index in [0.29, 0.717) is 6.04 Å². The van der Waals surface area contributed by atoms with Gasteiger partial charge in [0.15, 0.2) is 0 Å². The summed E-state index contributed by atoms with van der Waals surface area (Å²) in [7, 11) is 0. The molecule has 0 radical (unpaired) electrons. The van der Waals surface area contributed by atoms with Gasteiger partial charge in [-0.15, -0.1) is 11.3 Å². The number of nitrogens with one attached hydrogen (secondary N) is 1. The molecule has 2 heteroatoms. The van der Waals surface area contributed by atoms with E-state index in [2.05, 4.69) is 49.5 Å². The average Bonchev–Trinajstić information content (AvgIpc) is 2.97. The number of benzene rings is 1. The van der Waals surface area contributed by atoms with Crippen LogP contribution in [0.1, 0.15) is 48.7 Å². The maximum atomic E-state index is 3.50. The second-order valence-corrected chi connectivity index (χ2v) is 6.75. The van der Waals surface area contributed by atoms with Gasteiger partial charge in [0.05, 0.1) is 0 Å². The molecule has 1 aliphatic carbocycles. The van der Waals surface area contributed by atoms with Gasteiger partial charge in [0.1, 0.15) is 0 Å². The Labute approximate surface area is 126 Å². The zero-order valence-electron chi connectivity index (χ0n) is 12.4. The van der Waals surface area contributed by atoms with Gasteiger partial charge in [-0.2, -0.15) is 0 Å². The molecule has 1 nitrogen and oxygen atoms in total. The van der Waals surface area contributed by atoms with E-state index in [1.165, 1.54) is 41.0 Å². The Hall–Kier alpha value is -1.12. The molecule has 1 N–H and O–H groups in total. The molecule has 1 unspecified atom stereocenters. The fourth-order valence-electron chi connectivity index (χ4n) is 3.15. The van der Waals surface area contributed by atoms with Crippen molar-refractivity contribution in [3.8, 4) is 10.4 Å². The quantitative estimate of drug-likeness (QED) is 0.836. The second-order valence-electron chi connectivity index (χ2n) is 5.63. The van der Waals surface area contributed by atoms with Gasteiger partial charge in [0.25, 0.3) is 0 Å². The largest absolute Gasteiger partial charge is 0.310 e. The van der Waals surface area contributed by atoms with Crippen molar-refractivity contribution >= 4 is 11.3 Å². The first-order valence-electron chi connectivity index (χ1n) is 7.74. The van der Waals surface area contributed by atoms with E-state index in [4.69, 9.17) is 0 Å². The number of rotatable bonds is 4. The maximum absolute atomic E-state index is 3.50. The van der Waals surface area contributed by atoms with Crippen molar-refractivity contribution in [2.24, 2.45) is 0 Å². The van der Waals surface area contributed by atoms with E-state index < -0.39 is 0 Å². The molecule has 20 heavy (non-hydrogen) atoms. The van der Waals surface area contributed by atoms with Gasteiger partial charge in [0, 0.05) is 15.8 Å².